The highest BCUT2D eigenvalue weighted by atomic mass is 35.5. The molecular formula is C19H17ClN2O6. The topological polar surface area (TPSA) is 108 Å². The van der Waals surface area contributed by atoms with Gasteiger partial charge in [-0.2, -0.15) is 0 Å². The second-order valence-electron chi connectivity index (χ2n) is 5.60. The number of hydrogen-bond acceptors (Lipinski definition) is 6. The van der Waals surface area contributed by atoms with E-state index in [-0.39, 0.29) is 17.1 Å². The number of nitro groups is 1. The molecule has 0 saturated heterocycles. The van der Waals surface area contributed by atoms with Crippen LogP contribution in [0.1, 0.15) is 12.5 Å². The highest BCUT2D eigenvalue weighted by Gasteiger charge is 2.20. The van der Waals surface area contributed by atoms with Gasteiger partial charge in [0, 0.05) is 23.2 Å². The molecule has 1 atom stereocenters. The number of anilines is 1. The average molecular weight is 405 g/mol. The summed E-state index contributed by atoms with van der Waals surface area (Å²) in [5.74, 6) is -1.16. The molecule has 0 aliphatic carbocycles. The summed E-state index contributed by atoms with van der Waals surface area (Å²) in [5, 5.41) is 13.9. The summed E-state index contributed by atoms with van der Waals surface area (Å²) < 4.78 is 10.1. The van der Waals surface area contributed by atoms with Gasteiger partial charge < -0.3 is 14.8 Å². The van der Waals surface area contributed by atoms with Crippen molar-refractivity contribution in [2.75, 3.05) is 12.4 Å². The van der Waals surface area contributed by atoms with Gasteiger partial charge in [-0.25, -0.2) is 4.79 Å². The van der Waals surface area contributed by atoms with E-state index in [2.05, 4.69) is 5.32 Å². The van der Waals surface area contributed by atoms with Gasteiger partial charge in [-0.05, 0) is 36.8 Å². The highest BCUT2D eigenvalue weighted by molar-refractivity contribution is 6.30. The van der Waals surface area contributed by atoms with Crippen LogP contribution >= 0.6 is 11.6 Å². The summed E-state index contributed by atoms with van der Waals surface area (Å²) >= 11 is 5.86. The first kappa shape index (κ1) is 20.9. The molecular weight excluding hydrogens is 388 g/mol. The zero-order valence-corrected chi connectivity index (χ0v) is 15.8. The van der Waals surface area contributed by atoms with Crippen LogP contribution in [0.25, 0.3) is 6.08 Å². The van der Waals surface area contributed by atoms with Crippen molar-refractivity contribution >= 4 is 40.9 Å². The molecule has 1 amide bonds. The van der Waals surface area contributed by atoms with E-state index < -0.39 is 22.9 Å². The van der Waals surface area contributed by atoms with Gasteiger partial charge in [0.15, 0.2) is 6.10 Å². The second-order valence-corrected chi connectivity index (χ2v) is 6.03. The first-order chi connectivity index (χ1) is 13.3. The van der Waals surface area contributed by atoms with E-state index >= 15 is 0 Å². The molecule has 28 heavy (non-hydrogen) atoms. The van der Waals surface area contributed by atoms with Crippen molar-refractivity contribution in [3.63, 3.8) is 0 Å². The summed E-state index contributed by atoms with van der Waals surface area (Å²) in [5.41, 5.74) is 0.576. The van der Waals surface area contributed by atoms with Gasteiger partial charge in [-0.15, -0.1) is 0 Å². The van der Waals surface area contributed by atoms with Gasteiger partial charge in [0.1, 0.15) is 5.75 Å². The van der Waals surface area contributed by atoms with Crippen LogP contribution in [0, 0.1) is 10.1 Å². The fraction of sp³-hybridized carbons (Fsp3) is 0.158. The summed E-state index contributed by atoms with van der Waals surface area (Å²) in [6, 6.07) is 10.6. The number of amides is 1. The Balaban J connectivity index is 2.01. The van der Waals surface area contributed by atoms with Gasteiger partial charge in [0.25, 0.3) is 11.6 Å². The maximum absolute atomic E-state index is 12.3. The number of methoxy groups -OCH3 is 1. The van der Waals surface area contributed by atoms with Crippen molar-refractivity contribution in [2.45, 2.75) is 13.0 Å². The lowest BCUT2D eigenvalue weighted by Gasteiger charge is -2.14. The molecule has 2 aromatic carbocycles. The minimum Gasteiger partial charge on any atom is -0.495 e. The van der Waals surface area contributed by atoms with Crippen molar-refractivity contribution in [1.29, 1.82) is 0 Å². The van der Waals surface area contributed by atoms with Gasteiger partial charge in [0.05, 0.1) is 17.7 Å². The van der Waals surface area contributed by atoms with Crippen LogP contribution in [0.2, 0.25) is 5.02 Å². The third-order valence-electron chi connectivity index (χ3n) is 3.57. The van der Waals surface area contributed by atoms with Crippen molar-refractivity contribution in [3.05, 3.63) is 69.2 Å². The molecule has 0 radical (unpaired) electrons. The summed E-state index contributed by atoms with van der Waals surface area (Å²) in [6.07, 6.45) is 1.53. The van der Waals surface area contributed by atoms with Crippen molar-refractivity contribution in [2.24, 2.45) is 0 Å². The zero-order chi connectivity index (χ0) is 20.7. The predicted octanol–water partition coefficient (Wildman–Crippen LogP) is 3.84. The first-order valence-corrected chi connectivity index (χ1v) is 8.45. The van der Waals surface area contributed by atoms with E-state index in [1.54, 1.807) is 24.3 Å². The molecule has 0 spiro atoms. The molecule has 0 bridgehead atoms. The lowest BCUT2D eigenvalue weighted by molar-refractivity contribution is -0.384. The number of esters is 1. The van der Waals surface area contributed by atoms with Crippen LogP contribution in [0.15, 0.2) is 48.5 Å². The number of hydrogen-bond donors (Lipinski definition) is 1. The molecule has 2 aromatic rings. The summed E-state index contributed by atoms with van der Waals surface area (Å²) in [6.45, 7) is 1.38. The third kappa shape index (κ3) is 5.82. The number of halogens is 1. The van der Waals surface area contributed by atoms with Crippen LogP contribution < -0.4 is 10.1 Å². The molecule has 0 fully saturated rings. The predicted molar refractivity (Wildman–Crippen MR) is 104 cm³/mol. The van der Waals surface area contributed by atoms with Crippen LogP contribution in [0.4, 0.5) is 11.4 Å². The van der Waals surface area contributed by atoms with Crippen LogP contribution in [-0.2, 0) is 14.3 Å². The van der Waals surface area contributed by atoms with Crippen molar-refractivity contribution in [1.82, 2.24) is 0 Å². The number of non-ortho nitro benzene ring substituents is 1. The molecule has 146 valence electrons. The Morgan fingerprint density at radius 3 is 2.64 bits per heavy atom. The summed E-state index contributed by atoms with van der Waals surface area (Å²) in [4.78, 5) is 34.5. The van der Waals surface area contributed by atoms with Gasteiger partial charge in [-0.1, -0.05) is 23.7 Å². The summed E-state index contributed by atoms with van der Waals surface area (Å²) in [7, 11) is 1.36. The number of benzene rings is 2. The Bertz CT molecular complexity index is 928. The van der Waals surface area contributed by atoms with Crippen LogP contribution in [-0.4, -0.2) is 30.0 Å². The van der Waals surface area contributed by atoms with E-state index in [9.17, 15) is 19.7 Å². The number of carbonyl (C=O) groups is 2. The molecule has 8 nitrogen and oxygen atoms in total. The molecule has 0 heterocycles. The molecule has 9 heteroatoms. The van der Waals surface area contributed by atoms with Crippen molar-refractivity contribution in [3.8, 4) is 5.75 Å². The van der Waals surface area contributed by atoms with E-state index in [0.29, 0.717) is 10.6 Å². The number of nitro benzene ring substituents is 1. The fourth-order valence-corrected chi connectivity index (χ4v) is 2.38. The Kier molecular flexibility index (Phi) is 7.11. The Labute approximate surface area is 165 Å². The zero-order valence-electron chi connectivity index (χ0n) is 15.0. The Hall–Kier alpha value is -3.39. The minimum absolute atomic E-state index is 0.0964. The maximum Gasteiger partial charge on any atom is 0.331 e. The van der Waals surface area contributed by atoms with Gasteiger partial charge in [-0.3, -0.25) is 14.9 Å². The number of ether oxygens (including phenoxy) is 2. The minimum atomic E-state index is -1.14. The van der Waals surface area contributed by atoms with Crippen LogP contribution in [0.3, 0.4) is 0 Å². The first-order valence-electron chi connectivity index (χ1n) is 8.07. The smallest absolute Gasteiger partial charge is 0.331 e. The SMILES string of the molecule is COc1ccc([N+](=O)[O-])cc1NC(=O)[C@@H](C)OC(=O)/C=C/c1cccc(Cl)c1. The van der Waals surface area contributed by atoms with E-state index in [1.807, 2.05) is 0 Å². The lowest BCUT2D eigenvalue weighted by Crippen LogP contribution is -2.29. The van der Waals surface area contributed by atoms with Crippen molar-refractivity contribution < 1.29 is 24.0 Å². The number of carbonyl (C=O) groups excluding carboxylic acids is 2. The molecule has 0 aliphatic rings. The number of rotatable bonds is 7. The van der Waals surface area contributed by atoms with Gasteiger partial charge >= 0.3 is 5.97 Å². The molecule has 1 N–H and O–H groups in total. The van der Waals surface area contributed by atoms with E-state index in [0.717, 1.165) is 6.07 Å². The standard InChI is InChI=1S/C19H17ClN2O6/c1-12(28-18(23)9-6-13-4-3-5-14(20)10-13)19(24)21-16-11-15(22(25)26)7-8-17(16)27-2/h3-12H,1-2H3,(H,21,24)/b9-6+/t12-/m1/s1. The number of nitrogens with zero attached hydrogens (tertiary/aromatic N) is 1. The molecule has 0 saturated carbocycles. The third-order valence-corrected chi connectivity index (χ3v) is 3.81. The average Bonchev–Trinajstić information content (AvgIpc) is 2.66. The number of nitrogens with one attached hydrogen (secondary N) is 1. The maximum atomic E-state index is 12.3. The molecule has 0 aromatic heterocycles. The quantitative estimate of drug-likeness (QED) is 0.325. The highest BCUT2D eigenvalue weighted by Crippen LogP contribution is 2.29. The Morgan fingerprint density at radius 2 is 2.00 bits per heavy atom. The van der Waals surface area contributed by atoms with E-state index in [4.69, 9.17) is 21.1 Å². The molecule has 2 rings (SSSR count). The van der Waals surface area contributed by atoms with E-state index in [1.165, 1.54) is 38.3 Å². The second kappa shape index (κ2) is 9.52. The lowest BCUT2D eigenvalue weighted by atomic mass is 10.2. The molecule has 0 aliphatic heterocycles. The Morgan fingerprint density at radius 1 is 1.25 bits per heavy atom. The fourth-order valence-electron chi connectivity index (χ4n) is 2.18. The molecule has 0 unspecified atom stereocenters. The normalized spacial score (nSPS) is 11.7. The van der Waals surface area contributed by atoms with Crippen LogP contribution in [0.5, 0.6) is 5.75 Å². The van der Waals surface area contributed by atoms with Gasteiger partial charge in [0.2, 0.25) is 0 Å². The monoisotopic (exact) mass is 404 g/mol. The largest absolute Gasteiger partial charge is 0.495 e.